The van der Waals surface area contributed by atoms with Crippen LogP contribution < -0.4 is 14.8 Å². The Kier molecular flexibility index (Phi) is 2.55. The van der Waals surface area contributed by atoms with E-state index in [9.17, 15) is 0 Å². The zero-order valence-electron chi connectivity index (χ0n) is 10.9. The molecule has 2 aromatic rings. The maximum Gasteiger partial charge on any atom is 0.633 e. The lowest BCUT2D eigenvalue weighted by Gasteiger charge is -2.11. The molecular formula is C15H15BO2. The molecule has 0 saturated carbocycles. The maximum atomic E-state index is 5.96. The zero-order chi connectivity index (χ0) is 12.7. The molecule has 0 aromatic heterocycles. The molecule has 2 nitrogen and oxygen atoms in total. The van der Waals surface area contributed by atoms with Crippen molar-refractivity contribution in [3.05, 3.63) is 53.1 Å². The van der Waals surface area contributed by atoms with Crippen molar-refractivity contribution in [1.82, 2.24) is 0 Å². The van der Waals surface area contributed by atoms with Crippen LogP contribution >= 0.6 is 0 Å². The normalized spacial score (nSPS) is 12.9. The fourth-order valence-corrected chi connectivity index (χ4v) is 2.43. The SMILES string of the molecule is Cc1cccc2c1OB(c1c(C)cccc1C)O2. The Bertz CT molecular complexity index is 587. The van der Waals surface area contributed by atoms with Crippen molar-refractivity contribution >= 4 is 12.6 Å². The number of hydrogen-bond donors (Lipinski definition) is 0. The minimum atomic E-state index is -0.317. The van der Waals surface area contributed by atoms with E-state index in [0.717, 1.165) is 22.5 Å². The second-order valence-corrected chi connectivity index (χ2v) is 4.78. The number of para-hydroxylation sites is 1. The number of fused-ring (bicyclic) bond motifs is 1. The molecule has 0 fully saturated rings. The highest BCUT2D eigenvalue weighted by Gasteiger charge is 2.36. The standard InChI is InChI=1S/C15H15BO2/c1-10-6-4-7-11(2)14(10)16-17-13-9-5-8-12(3)15(13)18-16/h4-9H,1-3H3. The molecule has 18 heavy (non-hydrogen) atoms. The van der Waals surface area contributed by atoms with Gasteiger partial charge in [-0.25, -0.2) is 0 Å². The second kappa shape index (κ2) is 4.09. The van der Waals surface area contributed by atoms with E-state index in [4.69, 9.17) is 9.31 Å². The van der Waals surface area contributed by atoms with Gasteiger partial charge in [0.2, 0.25) is 0 Å². The van der Waals surface area contributed by atoms with Gasteiger partial charge in [-0.1, -0.05) is 30.3 Å². The summed E-state index contributed by atoms with van der Waals surface area (Å²) in [7, 11) is -0.317. The van der Waals surface area contributed by atoms with E-state index >= 15 is 0 Å². The molecule has 0 radical (unpaired) electrons. The molecule has 0 aliphatic carbocycles. The van der Waals surface area contributed by atoms with Crippen LogP contribution in [0.5, 0.6) is 11.5 Å². The van der Waals surface area contributed by atoms with Gasteiger partial charge in [-0.2, -0.15) is 0 Å². The molecule has 1 heterocycles. The van der Waals surface area contributed by atoms with E-state index in [1.807, 2.05) is 25.1 Å². The smallest absolute Gasteiger partial charge is 0.519 e. The van der Waals surface area contributed by atoms with Gasteiger partial charge in [0.1, 0.15) is 11.5 Å². The summed E-state index contributed by atoms with van der Waals surface area (Å²) < 4.78 is 11.9. The van der Waals surface area contributed by atoms with Crippen molar-refractivity contribution in [2.24, 2.45) is 0 Å². The van der Waals surface area contributed by atoms with Crippen LogP contribution in [-0.2, 0) is 0 Å². The summed E-state index contributed by atoms with van der Waals surface area (Å²) in [6, 6.07) is 12.2. The molecule has 90 valence electrons. The van der Waals surface area contributed by atoms with Crippen LogP contribution in [0.3, 0.4) is 0 Å². The van der Waals surface area contributed by atoms with Crippen LogP contribution in [0.2, 0.25) is 0 Å². The average Bonchev–Trinajstić information content (AvgIpc) is 2.74. The second-order valence-electron chi connectivity index (χ2n) is 4.78. The third-order valence-corrected chi connectivity index (χ3v) is 3.41. The topological polar surface area (TPSA) is 18.5 Å². The lowest BCUT2D eigenvalue weighted by molar-refractivity contribution is 0.517. The summed E-state index contributed by atoms with van der Waals surface area (Å²) in [6.07, 6.45) is 0. The maximum absolute atomic E-state index is 5.96. The van der Waals surface area contributed by atoms with E-state index in [1.165, 1.54) is 11.1 Å². The lowest BCUT2D eigenvalue weighted by Crippen LogP contribution is -2.42. The first-order valence-electron chi connectivity index (χ1n) is 6.16. The summed E-state index contributed by atoms with van der Waals surface area (Å²) in [5.74, 6) is 1.70. The van der Waals surface area contributed by atoms with Crippen molar-refractivity contribution in [2.75, 3.05) is 0 Å². The molecule has 1 aliphatic rings. The first kappa shape index (κ1) is 11.2. The Labute approximate surface area is 108 Å². The summed E-state index contributed by atoms with van der Waals surface area (Å²) >= 11 is 0. The van der Waals surface area contributed by atoms with Crippen LogP contribution in [0.1, 0.15) is 16.7 Å². The molecule has 3 heteroatoms. The van der Waals surface area contributed by atoms with Gasteiger partial charge in [0, 0.05) is 5.46 Å². The van der Waals surface area contributed by atoms with E-state index in [2.05, 4.69) is 32.0 Å². The monoisotopic (exact) mass is 238 g/mol. The lowest BCUT2D eigenvalue weighted by atomic mass is 9.74. The Balaban J connectivity index is 2.02. The Morgan fingerprint density at radius 2 is 1.39 bits per heavy atom. The van der Waals surface area contributed by atoms with Gasteiger partial charge in [-0.05, 0) is 43.5 Å². The van der Waals surface area contributed by atoms with Gasteiger partial charge in [-0.15, -0.1) is 0 Å². The van der Waals surface area contributed by atoms with E-state index in [1.54, 1.807) is 0 Å². The van der Waals surface area contributed by atoms with E-state index in [-0.39, 0.29) is 7.12 Å². The van der Waals surface area contributed by atoms with Crippen molar-refractivity contribution in [3.63, 3.8) is 0 Å². The van der Waals surface area contributed by atoms with Gasteiger partial charge in [0.15, 0.2) is 0 Å². The van der Waals surface area contributed by atoms with Crippen LogP contribution in [0.4, 0.5) is 0 Å². The molecule has 0 saturated heterocycles. The summed E-state index contributed by atoms with van der Waals surface area (Å²) in [5.41, 5.74) is 4.64. The predicted octanol–water partition coefficient (Wildman–Crippen LogP) is 2.78. The number of aryl methyl sites for hydroxylation is 3. The summed E-state index contributed by atoms with van der Waals surface area (Å²) in [6.45, 7) is 6.21. The highest BCUT2D eigenvalue weighted by Crippen LogP contribution is 2.36. The predicted molar refractivity (Wildman–Crippen MR) is 73.7 cm³/mol. The third kappa shape index (κ3) is 1.67. The van der Waals surface area contributed by atoms with Gasteiger partial charge in [0.25, 0.3) is 0 Å². The molecule has 2 aromatic carbocycles. The van der Waals surface area contributed by atoms with Crippen molar-refractivity contribution in [3.8, 4) is 11.5 Å². The van der Waals surface area contributed by atoms with Crippen LogP contribution in [0, 0.1) is 20.8 Å². The van der Waals surface area contributed by atoms with Crippen molar-refractivity contribution < 1.29 is 9.31 Å². The number of hydrogen-bond acceptors (Lipinski definition) is 2. The fourth-order valence-electron chi connectivity index (χ4n) is 2.43. The zero-order valence-corrected chi connectivity index (χ0v) is 10.9. The molecule has 0 atom stereocenters. The number of benzene rings is 2. The molecule has 0 spiro atoms. The molecule has 0 amide bonds. The van der Waals surface area contributed by atoms with E-state index in [0.29, 0.717) is 0 Å². The Morgan fingerprint density at radius 3 is 2.06 bits per heavy atom. The Morgan fingerprint density at radius 1 is 0.778 bits per heavy atom. The van der Waals surface area contributed by atoms with Gasteiger partial charge < -0.3 is 9.31 Å². The molecule has 3 rings (SSSR count). The molecule has 0 bridgehead atoms. The summed E-state index contributed by atoms with van der Waals surface area (Å²) in [4.78, 5) is 0. The first-order valence-corrected chi connectivity index (χ1v) is 6.16. The van der Waals surface area contributed by atoms with Crippen molar-refractivity contribution in [1.29, 1.82) is 0 Å². The van der Waals surface area contributed by atoms with Gasteiger partial charge >= 0.3 is 7.12 Å². The fraction of sp³-hybridized carbons (Fsp3) is 0.200. The quantitative estimate of drug-likeness (QED) is 0.711. The van der Waals surface area contributed by atoms with Crippen LogP contribution in [0.25, 0.3) is 0 Å². The van der Waals surface area contributed by atoms with Gasteiger partial charge in [-0.3, -0.25) is 0 Å². The van der Waals surface area contributed by atoms with Gasteiger partial charge in [0.05, 0.1) is 0 Å². The first-order chi connectivity index (χ1) is 8.66. The average molecular weight is 238 g/mol. The minimum Gasteiger partial charge on any atom is -0.519 e. The summed E-state index contributed by atoms with van der Waals surface area (Å²) in [5, 5.41) is 0. The Hall–Kier alpha value is -1.90. The van der Waals surface area contributed by atoms with E-state index < -0.39 is 0 Å². The largest absolute Gasteiger partial charge is 0.633 e. The molecule has 0 N–H and O–H groups in total. The molecule has 1 aliphatic heterocycles. The number of rotatable bonds is 1. The third-order valence-electron chi connectivity index (χ3n) is 3.41. The van der Waals surface area contributed by atoms with Crippen LogP contribution in [0.15, 0.2) is 36.4 Å². The van der Waals surface area contributed by atoms with Crippen molar-refractivity contribution in [2.45, 2.75) is 20.8 Å². The highest BCUT2D eigenvalue weighted by molar-refractivity contribution is 6.64. The van der Waals surface area contributed by atoms with Crippen LogP contribution in [-0.4, -0.2) is 7.12 Å². The minimum absolute atomic E-state index is 0.317. The molecule has 0 unspecified atom stereocenters. The molecular weight excluding hydrogens is 223 g/mol. The highest BCUT2D eigenvalue weighted by atomic mass is 16.6.